The maximum atomic E-state index is 5.89. The van der Waals surface area contributed by atoms with Crippen molar-refractivity contribution in [3.63, 3.8) is 0 Å². The number of rotatable bonds is 0. The standard InChI is InChI=1S/C7H6ClN3S/c1-3-9-6(8)5-7(10-3)11-4(2)12-5/h1-2H3. The van der Waals surface area contributed by atoms with Crippen molar-refractivity contribution in [2.45, 2.75) is 13.8 Å². The van der Waals surface area contributed by atoms with Gasteiger partial charge < -0.3 is 0 Å². The van der Waals surface area contributed by atoms with E-state index in [1.54, 1.807) is 6.92 Å². The Morgan fingerprint density at radius 1 is 1.17 bits per heavy atom. The van der Waals surface area contributed by atoms with Crippen LogP contribution in [-0.4, -0.2) is 15.0 Å². The maximum absolute atomic E-state index is 5.89. The average molecular weight is 200 g/mol. The second-order valence-electron chi connectivity index (χ2n) is 2.45. The van der Waals surface area contributed by atoms with Gasteiger partial charge in [-0.3, -0.25) is 0 Å². The normalized spacial score (nSPS) is 10.9. The van der Waals surface area contributed by atoms with E-state index in [4.69, 9.17) is 11.6 Å². The van der Waals surface area contributed by atoms with Crippen molar-refractivity contribution in [1.82, 2.24) is 15.0 Å². The molecule has 0 fully saturated rings. The topological polar surface area (TPSA) is 38.7 Å². The van der Waals surface area contributed by atoms with Gasteiger partial charge in [0.2, 0.25) is 0 Å². The van der Waals surface area contributed by atoms with Crippen LogP contribution in [0.25, 0.3) is 10.3 Å². The summed E-state index contributed by atoms with van der Waals surface area (Å²) in [5.41, 5.74) is 0.704. The van der Waals surface area contributed by atoms with Crippen molar-refractivity contribution in [1.29, 1.82) is 0 Å². The van der Waals surface area contributed by atoms with Gasteiger partial charge in [0.05, 0.1) is 5.01 Å². The highest BCUT2D eigenvalue weighted by Gasteiger charge is 2.07. The largest absolute Gasteiger partial charge is 0.222 e. The van der Waals surface area contributed by atoms with Crippen LogP contribution in [0.1, 0.15) is 10.8 Å². The van der Waals surface area contributed by atoms with Gasteiger partial charge in [-0.05, 0) is 13.8 Å². The SMILES string of the molecule is Cc1nc(Cl)c2sc(C)nc2n1. The van der Waals surface area contributed by atoms with Crippen LogP contribution in [0.4, 0.5) is 0 Å². The van der Waals surface area contributed by atoms with Gasteiger partial charge in [0, 0.05) is 0 Å². The fourth-order valence-corrected chi connectivity index (χ4v) is 2.06. The number of hydrogen-bond donors (Lipinski definition) is 0. The summed E-state index contributed by atoms with van der Waals surface area (Å²) in [5, 5.41) is 1.47. The van der Waals surface area contributed by atoms with Gasteiger partial charge in [-0.25, -0.2) is 15.0 Å². The summed E-state index contributed by atoms with van der Waals surface area (Å²) in [6.45, 7) is 3.73. The lowest BCUT2D eigenvalue weighted by molar-refractivity contribution is 1.08. The third-order valence-corrected chi connectivity index (χ3v) is 2.78. The Bertz CT molecular complexity index is 437. The molecular weight excluding hydrogens is 194 g/mol. The zero-order valence-corrected chi connectivity index (χ0v) is 8.20. The molecule has 0 radical (unpaired) electrons. The van der Waals surface area contributed by atoms with E-state index in [0.29, 0.717) is 16.6 Å². The summed E-state index contributed by atoms with van der Waals surface area (Å²) in [6.07, 6.45) is 0. The van der Waals surface area contributed by atoms with Crippen LogP contribution in [0.5, 0.6) is 0 Å². The lowest BCUT2D eigenvalue weighted by Crippen LogP contribution is -1.87. The lowest BCUT2D eigenvalue weighted by Gasteiger charge is -1.92. The van der Waals surface area contributed by atoms with Crippen LogP contribution in [0, 0.1) is 13.8 Å². The number of thiazole rings is 1. The van der Waals surface area contributed by atoms with E-state index in [1.165, 1.54) is 11.3 Å². The molecule has 12 heavy (non-hydrogen) atoms. The van der Waals surface area contributed by atoms with Crippen molar-refractivity contribution >= 4 is 33.3 Å². The molecule has 0 bridgehead atoms. The highest BCUT2D eigenvalue weighted by molar-refractivity contribution is 7.19. The lowest BCUT2D eigenvalue weighted by atomic mass is 10.5. The van der Waals surface area contributed by atoms with E-state index in [0.717, 1.165) is 9.71 Å². The van der Waals surface area contributed by atoms with E-state index in [9.17, 15) is 0 Å². The van der Waals surface area contributed by atoms with Crippen LogP contribution in [0.3, 0.4) is 0 Å². The van der Waals surface area contributed by atoms with Gasteiger partial charge in [-0.2, -0.15) is 0 Å². The highest BCUT2D eigenvalue weighted by Crippen LogP contribution is 2.25. The van der Waals surface area contributed by atoms with Gasteiger partial charge in [0.15, 0.2) is 10.8 Å². The molecule has 0 aliphatic rings. The number of nitrogens with zero attached hydrogens (tertiary/aromatic N) is 3. The first-order valence-electron chi connectivity index (χ1n) is 3.44. The van der Waals surface area contributed by atoms with Gasteiger partial charge in [-0.1, -0.05) is 11.6 Å². The minimum absolute atomic E-state index is 0.503. The molecule has 5 heteroatoms. The number of fused-ring (bicyclic) bond motifs is 1. The molecule has 0 amide bonds. The van der Waals surface area contributed by atoms with Crippen LogP contribution in [-0.2, 0) is 0 Å². The summed E-state index contributed by atoms with van der Waals surface area (Å²) in [6, 6.07) is 0. The Kier molecular flexibility index (Phi) is 1.73. The minimum atomic E-state index is 0.503. The first-order valence-corrected chi connectivity index (χ1v) is 4.63. The summed E-state index contributed by atoms with van der Waals surface area (Å²) >= 11 is 7.41. The van der Waals surface area contributed by atoms with Crippen molar-refractivity contribution in [3.05, 3.63) is 16.0 Å². The van der Waals surface area contributed by atoms with E-state index in [-0.39, 0.29) is 0 Å². The van der Waals surface area contributed by atoms with E-state index < -0.39 is 0 Å². The molecular formula is C7H6ClN3S. The number of aryl methyl sites for hydroxylation is 2. The molecule has 0 spiro atoms. The monoisotopic (exact) mass is 199 g/mol. The number of halogens is 1. The second-order valence-corrected chi connectivity index (χ2v) is 4.01. The predicted octanol–water partition coefficient (Wildman–Crippen LogP) is 2.36. The molecule has 2 aromatic heterocycles. The zero-order valence-electron chi connectivity index (χ0n) is 6.63. The summed E-state index contributed by atoms with van der Waals surface area (Å²) in [4.78, 5) is 12.4. The first-order chi connectivity index (χ1) is 5.66. The van der Waals surface area contributed by atoms with Gasteiger partial charge in [0.25, 0.3) is 0 Å². The molecule has 62 valence electrons. The molecule has 0 aliphatic carbocycles. The number of hydrogen-bond acceptors (Lipinski definition) is 4. The van der Waals surface area contributed by atoms with Crippen LogP contribution < -0.4 is 0 Å². The van der Waals surface area contributed by atoms with Crippen LogP contribution in [0.15, 0.2) is 0 Å². The van der Waals surface area contributed by atoms with Gasteiger partial charge >= 0.3 is 0 Å². The number of aromatic nitrogens is 3. The van der Waals surface area contributed by atoms with Crippen molar-refractivity contribution in [3.8, 4) is 0 Å². The molecule has 0 N–H and O–H groups in total. The smallest absolute Gasteiger partial charge is 0.175 e. The summed E-state index contributed by atoms with van der Waals surface area (Å²) < 4.78 is 0.875. The molecule has 0 saturated heterocycles. The molecule has 0 saturated carbocycles. The molecule has 0 unspecified atom stereocenters. The van der Waals surface area contributed by atoms with E-state index in [2.05, 4.69) is 15.0 Å². The van der Waals surface area contributed by atoms with Crippen LogP contribution >= 0.6 is 22.9 Å². The third kappa shape index (κ3) is 1.17. The summed E-state index contributed by atoms with van der Waals surface area (Å²) in [5.74, 6) is 0.665. The Labute approximate surface area is 78.4 Å². The first kappa shape index (κ1) is 7.89. The predicted molar refractivity (Wildman–Crippen MR) is 49.7 cm³/mol. The zero-order chi connectivity index (χ0) is 8.72. The molecule has 0 aromatic carbocycles. The Hall–Kier alpha value is -0.740. The van der Waals surface area contributed by atoms with Crippen molar-refractivity contribution in [2.75, 3.05) is 0 Å². The van der Waals surface area contributed by atoms with Crippen LogP contribution in [0.2, 0.25) is 5.15 Å². The fourth-order valence-electron chi connectivity index (χ4n) is 0.997. The van der Waals surface area contributed by atoms with Gasteiger partial charge in [-0.15, -0.1) is 11.3 Å². The Morgan fingerprint density at radius 2 is 1.92 bits per heavy atom. The second kappa shape index (κ2) is 2.64. The quantitative estimate of drug-likeness (QED) is 0.612. The minimum Gasteiger partial charge on any atom is -0.222 e. The van der Waals surface area contributed by atoms with Gasteiger partial charge in [0.1, 0.15) is 10.5 Å². The van der Waals surface area contributed by atoms with E-state index in [1.807, 2.05) is 6.92 Å². The molecule has 0 atom stereocenters. The Balaban J connectivity index is 2.88. The third-order valence-electron chi connectivity index (χ3n) is 1.43. The summed E-state index contributed by atoms with van der Waals surface area (Å²) in [7, 11) is 0. The average Bonchev–Trinajstić information content (AvgIpc) is 2.29. The van der Waals surface area contributed by atoms with Crippen molar-refractivity contribution < 1.29 is 0 Å². The molecule has 0 aliphatic heterocycles. The molecule has 2 heterocycles. The Morgan fingerprint density at radius 3 is 2.67 bits per heavy atom. The molecule has 2 aromatic rings. The highest BCUT2D eigenvalue weighted by atomic mass is 35.5. The van der Waals surface area contributed by atoms with E-state index >= 15 is 0 Å². The van der Waals surface area contributed by atoms with Crippen molar-refractivity contribution in [2.24, 2.45) is 0 Å². The molecule has 2 rings (SSSR count). The fraction of sp³-hybridized carbons (Fsp3) is 0.286. The molecule has 3 nitrogen and oxygen atoms in total. The maximum Gasteiger partial charge on any atom is 0.175 e.